The minimum atomic E-state index is -1.50. The Kier molecular flexibility index (Phi) is 6.91. The van der Waals surface area contributed by atoms with Crippen molar-refractivity contribution in [2.24, 2.45) is 16.7 Å². The lowest BCUT2D eigenvalue weighted by molar-refractivity contribution is -0.309. The number of hydrogen-bond acceptors (Lipinski definition) is 10. The van der Waals surface area contributed by atoms with E-state index in [0.29, 0.717) is 38.5 Å². The summed E-state index contributed by atoms with van der Waals surface area (Å²) in [7, 11) is 0. The van der Waals surface area contributed by atoms with Crippen LogP contribution in [0.5, 0.6) is 0 Å². The third-order valence-electron chi connectivity index (χ3n) is 11.6. The first kappa shape index (κ1) is 28.5. The van der Waals surface area contributed by atoms with Crippen LogP contribution in [0.1, 0.15) is 76.7 Å². The minimum absolute atomic E-state index is 0.0285. The lowest BCUT2D eigenvalue weighted by atomic mass is 9.43. The molecule has 4 aliphatic carbocycles. The summed E-state index contributed by atoms with van der Waals surface area (Å²) in [6, 6.07) is 3.20. The molecule has 1 aromatic heterocycles. The molecule has 6 rings (SSSR count). The van der Waals surface area contributed by atoms with E-state index in [1.165, 1.54) is 12.3 Å². The maximum atomic E-state index is 12.5. The van der Waals surface area contributed by atoms with Crippen molar-refractivity contribution in [3.8, 4) is 0 Å². The molecule has 2 heterocycles. The summed E-state index contributed by atoms with van der Waals surface area (Å²) in [6.45, 7) is 3.72. The van der Waals surface area contributed by atoms with Gasteiger partial charge in [0.1, 0.15) is 24.4 Å². The molecule has 1 saturated heterocycles. The average Bonchev–Trinajstić information content (AvgIpc) is 3.21. The van der Waals surface area contributed by atoms with Gasteiger partial charge in [-0.2, -0.15) is 0 Å². The van der Waals surface area contributed by atoms with Crippen LogP contribution in [0.3, 0.4) is 0 Å². The molecule has 1 aromatic rings. The maximum Gasteiger partial charge on any atom is 0.335 e. The van der Waals surface area contributed by atoms with Crippen LogP contribution < -0.4 is 5.63 Å². The fraction of sp³-hybridized carbons (Fsp3) is 0.767. The molecule has 0 radical (unpaired) electrons. The van der Waals surface area contributed by atoms with Crippen molar-refractivity contribution < 1.29 is 44.5 Å². The molecule has 5 aliphatic rings. The summed E-state index contributed by atoms with van der Waals surface area (Å²) < 4.78 is 16.8. The predicted molar refractivity (Wildman–Crippen MR) is 141 cm³/mol. The molecule has 0 spiro atoms. The summed E-state index contributed by atoms with van der Waals surface area (Å²) in [6.07, 6.45) is 1.42. The van der Waals surface area contributed by atoms with E-state index in [4.69, 9.17) is 13.9 Å². The topological polar surface area (TPSA) is 170 Å². The lowest BCUT2D eigenvalue weighted by Crippen LogP contribution is -2.71. The Balaban J connectivity index is 1.24. The van der Waals surface area contributed by atoms with Crippen molar-refractivity contribution in [2.75, 3.05) is 6.61 Å². The zero-order valence-electron chi connectivity index (χ0n) is 23.1. The van der Waals surface area contributed by atoms with Gasteiger partial charge in [0.25, 0.3) is 0 Å². The zero-order valence-corrected chi connectivity index (χ0v) is 23.1. The van der Waals surface area contributed by atoms with Gasteiger partial charge in [-0.15, -0.1) is 0 Å². The number of fused-ring (bicyclic) bond motifs is 5. The zero-order chi connectivity index (χ0) is 28.7. The number of rotatable bonds is 4. The molecule has 222 valence electrons. The number of hydrogen-bond donors (Lipinski definition) is 6. The summed E-state index contributed by atoms with van der Waals surface area (Å²) in [5.74, 6) is -0.182. The van der Waals surface area contributed by atoms with Crippen molar-refractivity contribution in [1.29, 1.82) is 0 Å². The standard InChI is InChI=1S/C30H42O10/c1-27-9-6-18(39-26-25(35)24(34)23(33)20(14-31)40-26)13-17(27)5-11-29(36)21(27)8-10-28(2)19(7-12-30(28,29)37)16-3-4-22(32)38-15-16/h3-4,13,15,18-21,23-26,31,33-37H,5-12,14H2,1-2H3/t18-,19-,20-,21+,23-,24+,25-,26-,27-,28-,29+,30-/m1/s1. The Labute approximate surface area is 233 Å². The highest BCUT2D eigenvalue weighted by Gasteiger charge is 2.73. The summed E-state index contributed by atoms with van der Waals surface area (Å²) in [5, 5.41) is 65.0. The Morgan fingerprint density at radius 2 is 1.75 bits per heavy atom. The van der Waals surface area contributed by atoms with Crippen molar-refractivity contribution in [3.05, 3.63) is 46.0 Å². The quantitative estimate of drug-likeness (QED) is 0.292. The van der Waals surface area contributed by atoms with Gasteiger partial charge in [-0.05, 0) is 80.2 Å². The Hall–Kier alpha value is -1.63. The first-order valence-corrected chi connectivity index (χ1v) is 14.6. The first-order chi connectivity index (χ1) is 18.9. The van der Waals surface area contributed by atoms with E-state index in [0.717, 1.165) is 24.0 Å². The van der Waals surface area contributed by atoms with Crippen LogP contribution in [0.4, 0.5) is 0 Å². The smallest absolute Gasteiger partial charge is 0.335 e. The number of allylic oxidation sites excluding steroid dienone is 1. The molecule has 40 heavy (non-hydrogen) atoms. The van der Waals surface area contributed by atoms with E-state index in [2.05, 4.69) is 13.8 Å². The molecule has 1 aliphatic heterocycles. The highest BCUT2D eigenvalue weighted by molar-refractivity contribution is 5.35. The van der Waals surface area contributed by atoms with Crippen molar-refractivity contribution in [1.82, 2.24) is 0 Å². The molecule has 0 bridgehead atoms. The Morgan fingerprint density at radius 1 is 0.975 bits per heavy atom. The van der Waals surface area contributed by atoms with E-state index in [1.807, 2.05) is 6.08 Å². The van der Waals surface area contributed by atoms with Gasteiger partial charge in [0.15, 0.2) is 6.29 Å². The lowest BCUT2D eigenvalue weighted by Gasteiger charge is -2.65. The van der Waals surface area contributed by atoms with Crippen LogP contribution in [0.25, 0.3) is 0 Å². The number of aliphatic hydroxyl groups excluding tert-OH is 4. The van der Waals surface area contributed by atoms with Crippen molar-refractivity contribution in [2.45, 2.75) is 119 Å². The second-order valence-corrected chi connectivity index (χ2v) is 13.3. The third kappa shape index (κ3) is 3.87. The second kappa shape index (κ2) is 9.70. The van der Waals surface area contributed by atoms with Gasteiger partial charge in [0.05, 0.1) is 30.2 Å². The van der Waals surface area contributed by atoms with Crippen LogP contribution >= 0.6 is 0 Å². The molecular formula is C30H42O10. The molecule has 4 fully saturated rings. The van der Waals surface area contributed by atoms with Crippen molar-refractivity contribution >= 4 is 0 Å². The van der Waals surface area contributed by atoms with E-state index >= 15 is 0 Å². The van der Waals surface area contributed by atoms with Crippen LogP contribution in [-0.4, -0.2) is 85.3 Å². The Morgan fingerprint density at radius 3 is 2.45 bits per heavy atom. The van der Waals surface area contributed by atoms with E-state index in [1.54, 1.807) is 6.07 Å². The van der Waals surface area contributed by atoms with Crippen LogP contribution in [0, 0.1) is 16.7 Å². The third-order valence-corrected chi connectivity index (χ3v) is 11.6. The monoisotopic (exact) mass is 562 g/mol. The van der Waals surface area contributed by atoms with Gasteiger partial charge < -0.3 is 44.5 Å². The molecular weight excluding hydrogens is 520 g/mol. The number of ether oxygens (including phenoxy) is 2. The van der Waals surface area contributed by atoms with Gasteiger partial charge >= 0.3 is 5.63 Å². The molecule has 10 heteroatoms. The van der Waals surface area contributed by atoms with Gasteiger partial charge in [-0.25, -0.2) is 4.79 Å². The van der Waals surface area contributed by atoms with Crippen molar-refractivity contribution in [3.63, 3.8) is 0 Å². The largest absolute Gasteiger partial charge is 0.431 e. The van der Waals surface area contributed by atoms with Gasteiger partial charge in [-0.1, -0.05) is 25.5 Å². The SMILES string of the molecule is C[C@@]12CC[C@@H](O[C@@H]3O[C@H](CO)[C@@H](O)[C@H](O)[C@H]3O)C=C1CC[C@]1(O)[C@H]2CC[C@]2(C)[C@@H](c3ccc(=O)oc3)CC[C@@]21O. The van der Waals surface area contributed by atoms with Gasteiger partial charge in [0.2, 0.25) is 0 Å². The molecule has 12 atom stereocenters. The first-order valence-electron chi connectivity index (χ1n) is 14.6. The summed E-state index contributed by atoms with van der Waals surface area (Å²) >= 11 is 0. The molecule has 3 saturated carbocycles. The molecule has 0 unspecified atom stereocenters. The molecule has 0 aromatic carbocycles. The summed E-state index contributed by atoms with van der Waals surface area (Å²) in [4.78, 5) is 11.6. The van der Waals surface area contributed by atoms with Gasteiger partial charge in [0, 0.05) is 11.5 Å². The summed E-state index contributed by atoms with van der Waals surface area (Å²) in [5.41, 5.74) is -1.86. The Bertz CT molecular complexity index is 1190. The average molecular weight is 563 g/mol. The highest BCUT2D eigenvalue weighted by atomic mass is 16.7. The van der Waals surface area contributed by atoms with Crippen LogP contribution in [0.2, 0.25) is 0 Å². The highest BCUT2D eigenvalue weighted by Crippen LogP contribution is 2.71. The van der Waals surface area contributed by atoms with E-state index in [-0.39, 0.29) is 17.3 Å². The molecule has 0 amide bonds. The maximum absolute atomic E-state index is 12.5. The fourth-order valence-electron chi connectivity index (χ4n) is 9.29. The fourth-order valence-corrected chi connectivity index (χ4v) is 9.29. The number of aliphatic hydroxyl groups is 6. The van der Waals surface area contributed by atoms with Gasteiger partial charge in [-0.3, -0.25) is 0 Å². The van der Waals surface area contributed by atoms with Crippen LogP contribution in [0.15, 0.2) is 39.3 Å². The molecule has 10 nitrogen and oxygen atoms in total. The normalized spacial score (nSPS) is 50.5. The van der Waals surface area contributed by atoms with E-state index in [9.17, 15) is 35.4 Å². The minimum Gasteiger partial charge on any atom is -0.431 e. The van der Waals surface area contributed by atoms with E-state index < -0.39 is 65.7 Å². The van der Waals surface area contributed by atoms with Crippen LogP contribution in [-0.2, 0) is 9.47 Å². The second-order valence-electron chi connectivity index (χ2n) is 13.3. The predicted octanol–water partition coefficient (Wildman–Crippen LogP) is 1.10. The molecule has 6 N–H and O–H groups in total.